The van der Waals surface area contributed by atoms with Crippen molar-refractivity contribution in [3.05, 3.63) is 34.9 Å². The first kappa shape index (κ1) is 17.4. The number of rotatable bonds is 5. The van der Waals surface area contributed by atoms with Gasteiger partial charge in [-0.05, 0) is 37.0 Å². The monoisotopic (exact) mass is 340 g/mol. The highest BCUT2D eigenvalue weighted by atomic mass is 32.2. The Kier molecular flexibility index (Phi) is 5.06. The molecule has 126 valence electrons. The van der Waals surface area contributed by atoms with E-state index in [2.05, 4.69) is 5.32 Å². The van der Waals surface area contributed by atoms with Crippen LogP contribution in [0.3, 0.4) is 0 Å². The number of hydrogen-bond acceptors (Lipinski definition) is 4. The van der Waals surface area contributed by atoms with Crippen LogP contribution in [0.25, 0.3) is 0 Å². The SMILES string of the molecule is Cc1cccc(C(NC(=O)CN2CCCS2(=O)=O)C(=O)O)c1C. The average molecular weight is 340 g/mol. The van der Waals surface area contributed by atoms with E-state index in [-0.39, 0.29) is 18.8 Å². The fourth-order valence-electron chi connectivity index (χ4n) is 2.59. The first-order valence-corrected chi connectivity index (χ1v) is 8.89. The molecule has 0 aromatic heterocycles. The van der Waals surface area contributed by atoms with Crippen LogP contribution in [0, 0.1) is 13.8 Å². The van der Waals surface area contributed by atoms with Gasteiger partial charge in [0.15, 0.2) is 6.04 Å². The molecule has 1 aliphatic heterocycles. The predicted molar refractivity (Wildman–Crippen MR) is 84.4 cm³/mol. The van der Waals surface area contributed by atoms with E-state index < -0.39 is 27.9 Å². The van der Waals surface area contributed by atoms with Gasteiger partial charge in [-0.25, -0.2) is 13.2 Å². The van der Waals surface area contributed by atoms with E-state index in [0.29, 0.717) is 12.0 Å². The zero-order valence-corrected chi connectivity index (χ0v) is 13.9. The molecule has 1 aromatic rings. The van der Waals surface area contributed by atoms with Crippen LogP contribution < -0.4 is 5.32 Å². The Morgan fingerprint density at radius 2 is 2.04 bits per heavy atom. The van der Waals surface area contributed by atoms with Gasteiger partial charge in [-0.1, -0.05) is 18.2 Å². The van der Waals surface area contributed by atoms with Crippen LogP contribution in [0.5, 0.6) is 0 Å². The Labute approximate surface area is 135 Å². The third-order valence-electron chi connectivity index (χ3n) is 4.03. The number of carbonyl (C=O) groups excluding carboxylic acids is 1. The Morgan fingerprint density at radius 1 is 1.35 bits per heavy atom. The minimum absolute atomic E-state index is 0.0274. The highest BCUT2D eigenvalue weighted by Crippen LogP contribution is 2.21. The fraction of sp³-hybridized carbons (Fsp3) is 0.467. The van der Waals surface area contributed by atoms with E-state index >= 15 is 0 Å². The van der Waals surface area contributed by atoms with Crippen LogP contribution in [-0.4, -0.2) is 48.5 Å². The third kappa shape index (κ3) is 3.89. The molecular weight excluding hydrogens is 320 g/mol. The molecule has 2 rings (SSSR count). The Morgan fingerprint density at radius 3 is 2.61 bits per heavy atom. The van der Waals surface area contributed by atoms with Gasteiger partial charge in [0.1, 0.15) is 0 Å². The summed E-state index contributed by atoms with van der Waals surface area (Å²) in [6.07, 6.45) is 0.481. The van der Waals surface area contributed by atoms with Crippen LogP contribution in [0.4, 0.5) is 0 Å². The van der Waals surface area contributed by atoms with Crippen molar-refractivity contribution < 1.29 is 23.1 Å². The van der Waals surface area contributed by atoms with E-state index in [1.165, 1.54) is 0 Å². The summed E-state index contributed by atoms with van der Waals surface area (Å²) in [4.78, 5) is 23.6. The number of carboxylic acid groups (broad SMARTS) is 1. The van der Waals surface area contributed by atoms with E-state index in [1.807, 2.05) is 13.0 Å². The number of sulfonamides is 1. The lowest BCUT2D eigenvalue weighted by atomic mass is 9.97. The molecule has 0 radical (unpaired) electrons. The highest BCUT2D eigenvalue weighted by Gasteiger charge is 2.31. The molecule has 23 heavy (non-hydrogen) atoms. The van der Waals surface area contributed by atoms with Crippen LogP contribution in [0.1, 0.15) is 29.2 Å². The number of nitrogens with one attached hydrogen (secondary N) is 1. The lowest BCUT2D eigenvalue weighted by molar-refractivity contribution is -0.142. The molecule has 1 saturated heterocycles. The molecule has 0 saturated carbocycles. The van der Waals surface area contributed by atoms with Crippen molar-refractivity contribution in [2.45, 2.75) is 26.3 Å². The summed E-state index contributed by atoms with van der Waals surface area (Å²) >= 11 is 0. The van der Waals surface area contributed by atoms with Gasteiger partial charge in [0.25, 0.3) is 0 Å². The Balaban J connectivity index is 2.15. The minimum atomic E-state index is -3.39. The quantitative estimate of drug-likeness (QED) is 0.816. The number of carbonyl (C=O) groups is 2. The third-order valence-corrected chi connectivity index (χ3v) is 5.94. The highest BCUT2D eigenvalue weighted by molar-refractivity contribution is 7.89. The number of aliphatic carboxylic acids is 1. The second-order valence-corrected chi connectivity index (χ2v) is 7.72. The molecule has 1 aromatic carbocycles. The maximum atomic E-state index is 12.1. The predicted octanol–water partition coefficient (Wildman–Crippen LogP) is 0.581. The van der Waals surface area contributed by atoms with Gasteiger partial charge in [0.2, 0.25) is 15.9 Å². The zero-order valence-electron chi connectivity index (χ0n) is 13.1. The smallest absolute Gasteiger partial charge is 0.330 e. The normalized spacial score (nSPS) is 18.5. The number of benzene rings is 1. The molecule has 0 aliphatic carbocycles. The topological polar surface area (TPSA) is 104 Å². The van der Waals surface area contributed by atoms with Gasteiger partial charge in [-0.15, -0.1) is 0 Å². The van der Waals surface area contributed by atoms with Gasteiger partial charge in [0.05, 0.1) is 12.3 Å². The molecule has 1 unspecified atom stereocenters. The first-order chi connectivity index (χ1) is 10.7. The average Bonchev–Trinajstić information content (AvgIpc) is 2.78. The molecule has 2 N–H and O–H groups in total. The molecule has 1 aliphatic rings. The summed E-state index contributed by atoms with van der Waals surface area (Å²) < 4.78 is 24.5. The molecule has 1 heterocycles. The molecule has 1 atom stereocenters. The fourth-order valence-corrected chi connectivity index (χ4v) is 4.07. The molecule has 1 amide bonds. The van der Waals surface area contributed by atoms with Gasteiger partial charge < -0.3 is 10.4 Å². The zero-order chi connectivity index (χ0) is 17.2. The summed E-state index contributed by atoms with van der Waals surface area (Å²) in [5, 5.41) is 11.8. The van der Waals surface area contributed by atoms with E-state index in [9.17, 15) is 23.1 Å². The minimum Gasteiger partial charge on any atom is -0.479 e. The van der Waals surface area contributed by atoms with Gasteiger partial charge in [0, 0.05) is 6.54 Å². The van der Waals surface area contributed by atoms with E-state index in [0.717, 1.165) is 15.4 Å². The number of amides is 1. The number of carboxylic acids is 1. The maximum absolute atomic E-state index is 12.1. The van der Waals surface area contributed by atoms with Crippen molar-refractivity contribution in [2.24, 2.45) is 0 Å². The molecule has 0 spiro atoms. The molecule has 1 fully saturated rings. The van der Waals surface area contributed by atoms with Gasteiger partial charge in [-0.3, -0.25) is 4.79 Å². The lowest BCUT2D eigenvalue weighted by Gasteiger charge is -2.20. The van der Waals surface area contributed by atoms with Crippen molar-refractivity contribution in [3.63, 3.8) is 0 Å². The summed E-state index contributed by atoms with van der Waals surface area (Å²) in [6, 6.07) is 4.03. The van der Waals surface area contributed by atoms with Crippen molar-refractivity contribution in [2.75, 3.05) is 18.8 Å². The van der Waals surface area contributed by atoms with Crippen molar-refractivity contribution in [3.8, 4) is 0 Å². The molecule has 8 heteroatoms. The second-order valence-electron chi connectivity index (χ2n) is 5.63. The summed E-state index contributed by atoms with van der Waals surface area (Å²) in [6.45, 7) is 3.59. The number of hydrogen-bond donors (Lipinski definition) is 2. The summed E-state index contributed by atoms with van der Waals surface area (Å²) in [7, 11) is -3.39. The molecular formula is C15H20N2O5S. The number of aryl methyl sites for hydroxylation is 1. The summed E-state index contributed by atoms with van der Waals surface area (Å²) in [5.41, 5.74) is 2.20. The summed E-state index contributed by atoms with van der Waals surface area (Å²) in [5.74, 6) is -1.78. The molecule has 7 nitrogen and oxygen atoms in total. The van der Waals surface area contributed by atoms with Crippen LogP contribution >= 0.6 is 0 Å². The van der Waals surface area contributed by atoms with E-state index in [1.54, 1.807) is 19.1 Å². The standard InChI is InChI=1S/C15H20N2O5S/c1-10-5-3-6-12(11(10)2)14(15(19)20)16-13(18)9-17-7-4-8-23(17,21)22/h3,5-6,14H,4,7-9H2,1-2H3,(H,16,18)(H,19,20). The second kappa shape index (κ2) is 6.67. The lowest BCUT2D eigenvalue weighted by Crippen LogP contribution is -2.41. The largest absolute Gasteiger partial charge is 0.479 e. The van der Waals surface area contributed by atoms with E-state index in [4.69, 9.17) is 0 Å². The van der Waals surface area contributed by atoms with Gasteiger partial charge in [-0.2, -0.15) is 4.31 Å². The molecule has 0 bridgehead atoms. The van der Waals surface area contributed by atoms with Gasteiger partial charge >= 0.3 is 5.97 Å². The van der Waals surface area contributed by atoms with Crippen LogP contribution in [0.2, 0.25) is 0 Å². The Hall–Kier alpha value is -1.93. The van der Waals surface area contributed by atoms with Crippen LogP contribution in [0.15, 0.2) is 18.2 Å². The van der Waals surface area contributed by atoms with Crippen molar-refractivity contribution >= 4 is 21.9 Å². The Bertz CT molecular complexity index is 729. The number of nitrogens with zero attached hydrogens (tertiary/aromatic N) is 1. The first-order valence-electron chi connectivity index (χ1n) is 7.28. The van der Waals surface area contributed by atoms with Crippen molar-refractivity contribution in [1.82, 2.24) is 9.62 Å². The maximum Gasteiger partial charge on any atom is 0.330 e. The van der Waals surface area contributed by atoms with Crippen LogP contribution in [-0.2, 0) is 19.6 Å². The van der Waals surface area contributed by atoms with Crippen molar-refractivity contribution in [1.29, 1.82) is 0 Å².